The van der Waals surface area contributed by atoms with Crippen molar-refractivity contribution < 1.29 is 24.2 Å². The fourth-order valence-corrected chi connectivity index (χ4v) is 6.01. The van der Waals surface area contributed by atoms with Crippen LogP contribution in [0.25, 0.3) is 0 Å². The van der Waals surface area contributed by atoms with Gasteiger partial charge in [-0.1, -0.05) is 46.1 Å². The molecule has 2 heterocycles. The van der Waals surface area contributed by atoms with Crippen LogP contribution in [0.3, 0.4) is 0 Å². The van der Waals surface area contributed by atoms with Crippen LogP contribution in [-0.4, -0.2) is 91.3 Å². The molecule has 1 amide bonds. The second-order valence-electron chi connectivity index (χ2n) is 11.5. The van der Waals surface area contributed by atoms with Gasteiger partial charge in [-0.2, -0.15) is 0 Å². The van der Waals surface area contributed by atoms with Gasteiger partial charge in [0.25, 0.3) is 0 Å². The number of carbonyl (C=O) groups excluding carboxylic acids is 1. The first-order chi connectivity index (χ1) is 18.2. The summed E-state index contributed by atoms with van der Waals surface area (Å²) in [6, 6.07) is 5.58. The lowest BCUT2D eigenvalue weighted by Crippen LogP contribution is -2.45. The molecular formula is C30H49N3O5. The number of carboxylic acids is 1. The number of likely N-dealkylation sites (tertiary alicyclic amines) is 1. The number of hydrogen-bond donors (Lipinski definition) is 1. The normalized spacial score (nSPS) is 21.7. The molecule has 1 unspecified atom stereocenters. The van der Waals surface area contributed by atoms with Crippen molar-refractivity contribution in [2.24, 2.45) is 11.8 Å². The maximum absolute atomic E-state index is 13.7. The standard InChI is InChI=1S/C30H49N3O5/c1-6-8-15-32(16-10-9-14-31(4)5)28(34)20-33-19-24(23-12-13-26-27(18-23)38-21-37-26)29(30(35)36)25(33)17-22(3)11-7-2/h12-13,18,22,24-25,29H,6-11,14-17,19-21H2,1-5H3,(H,35,36)/t22?,24-,25+,29-/m1/s1. The Morgan fingerprint density at radius 3 is 2.45 bits per heavy atom. The van der Waals surface area contributed by atoms with Crippen LogP contribution < -0.4 is 9.47 Å². The van der Waals surface area contributed by atoms with Gasteiger partial charge in [-0.25, -0.2) is 0 Å². The number of carbonyl (C=O) groups is 2. The number of nitrogens with zero attached hydrogens (tertiary/aromatic N) is 3. The molecule has 38 heavy (non-hydrogen) atoms. The molecule has 214 valence electrons. The number of hydrogen-bond acceptors (Lipinski definition) is 6. The summed E-state index contributed by atoms with van der Waals surface area (Å²) in [4.78, 5) is 32.7. The maximum atomic E-state index is 13.7. The van der Waals surface area contributed by atoms with Crippen molar-refractivity contribution in [3.05, 3.63) is 23.8 Å². The quantitative estimate of drug-likeness (QED) is 0.310. The van der Waals surface area contributed by atoms with Crippen molar-refractivity contribution in [2.45, 2.75) is 77.7 Å². The van der Waals surface area contributed by atoms with Crippen LogP contribution in [-0.2, 0) is 9.59 Å². The largest absolute Gasteiger partial charge is 0.481 e. The Bertz CT molecular complexity index is 908. The van der Waals surface area contributed by atoms with Crippen molar-refractivity contribution in [3.8, 4) is 11.5 Å². The van der Waals surface area contributed by atoms with Gasteiger partial charge in [-0.15, -0.1) is 0 Å². The van der Waals surface area contributed by atoms with E-state index < -0.39 is 11.9 Å². The molecule has 1 aromatic rings. The number of carboxylic acid groups (broad SMARTS) is 1. The van der Waals surface area contributed by atoms with Crippen LogP contribution in [0.1, 0.15) is 77.2 Å². The second kappa shape index (κ2) is 14.7. The Kier molecular flexibility index (Phi) is 11.7. The topological polar surface area (TPSA) is 82.5 Å². The van der Waals surface area contributed by atoms with E-state index in [0.717, 1.165) is 70.1 Å². The first kappa shape index (κ1) is 30.2. The lowest BCUT2D eigenvalue weighted by molar-refractivity contribution is -0.144. The van der Waals surface area contributed by atoms with Crippen molar-refractivity contribution in [2.75, 3.05) is 53.6 Å². The molecule has 1 N–H and O–H groups in total. The number of ether oxygens (including phenoxy) is 2. The predicted octanol–water partition coefficient (Wildman–Crippen LogP) is 4.68. The van der Waals surface area contributed by atoms with Crippen molar-refractivity contribution >= 4 is 11.9 Å². The monoisotopic (exact) mass is 531 g/mol. The minimum Gasteiger partial charge on any atom is -0.481 e. The summed E-state index contributed by atoms with van der Waals surface area (Å²) in [6.07, 6.45) is 6.93. The molecule has 2 aliphatic rings. The van der Waals surface area contributed by atoms with E-state index in [-0.39, 0.29) is 31.2 Å². The number of rotatable bonds is 16. The highest BCUT2D eigenvalue weighted by Crippen LogP contribution is 2.43. The summed E-state index contributed by atoms with van der Waals surface area (Å²) >= 11 is 0. The van der Waals surface area contributed by atoms with E-state index >= 15 is 0 Å². The molecule has 0 bridgehead atoms. The van der Waals surface area contributed by atoms with Gasteiger partial charge in [0.15, 0.2) is 11.5 Å². The number of unbranched alkanes of at least 4 members (excludes halogenated alkanes) is 2. The van der Waals surface area contributed by atoms with Crippen LogP contribution in [0.5, 0.6) is 11.5 Å². The van der Waals surface area contributed by atoms with E-state index in [2.05, 4.69) is 44.7 Å². The average Bonchev–Trinajstić information content (AvgIpc) is 3.47. The van der Waals surface area contributed by atoms with E-state index in [0.29, 0.717) is 24.0 Å². The maximum Gasteiger partial charge on any atom is 0.308 e. The van der Waals surface area contributed by atoms with Gasteiger partial charge in [0.05, 0.1) is 12.5 Å². The number of amides is 1. The highest BCUT2D eigenvalue weighted by Gasteiger charge is 2.47. The van der Waals surface area contributed by atoms with Crippen molar-refractivity contribution in [3.63, 3.8) is 0 Å². The highest BCUT2D eigenvalue weighted by atomic mass is 16.7. The molecule has 1 fully saturated rings. The third-order valence-electron chi connectivity index (χ3n) is 8.04. The SMILES string of the molecule is CCCCN(CCCCN(C)C)C(=O)CN1C[C@H](c2ccc3c(c2)OCO3)[C@@H](C(=O)O)[C@@H]1CC(C)CCC. The molecule has 4 atom stereocenters. The van der Waals surface area contributed by atoms with Crippen LogP contribution in [0.4, 0.5) is 0 Å². The fourth-order valence-electron chi connectivity index (χ4n) is 6.01. The van der Waals surface area contributed by atoms with E-state index in [9.17, 15) is 14.7 Å². The zero-order valence-corrected chi connectivity index (χ0v) is 24.2. The number of fused-ring (bicyclic) bond motifs is 1. The minimum absolute atomic E-state index is 0.118. The van der Waals surface area contributed by atoms with Crippen LogP contribution in [0.15, 0.2) is 18.2 Å². The van der Waals surface area contributed by atoms with Gasteiger partial charge in [-0.3, -0.25) is 14.5 Å². The van der Waals surface area contributed by atoms with E-state index in [4.69, 9.17) is 9.47 Å². The molecule has 0 spiro atoms. The second-order valence-corrected chi connectivity index (χ2v) is 11.5. The molecule has 0 aliphatic carbocycles. The van der Waals surface area contributed by atoms with Crippen LogP contribution in [0, 0.1) is 11.8 Å². The van der Waals surface area contributed by atoms with Crippen LogP contribution in [0.2, 0.25) is 0 Å². The van der Waals surface area contributed by atoms with Gasteiger partial charge >= 0.3 is 5.97 Å². The van der Waals surface area contributed by atoms with Gasteiger partial charge in [0, 0.05) is 31.6 Å². The molecule has 0 aromatic heterocycles. The van der Waals surface area contributed by atoms with E-state index in [1.165, 1.54) is 0 Å². The molecule has 0 radical (unpaired) electrons. The Balaban J connectivity index is 1.81. The number of aliphatic carboxylic acids is 1. The summed E-state index contributed by atoms with van der Waals surface area (Å²) in [5.41, 5.74) is 0.941. The molecule has 2 aliphatic heterocycles. The summed E-state index contributed by atoms with van der Waals surface area (Å²) in [5, 5.41) is 10.4. The van der Waals surface area contributed by atoms with Gasteiger partial charge in [0.2, 0.25) is 12.7 Å². The Hall–Kier alpha value is -2.32. The first-order valence-electron chi connectivity index (χ1n) is 14.5. The van der Waals surface area contributed by atoms with Crippen LogP contribution >= 0.6 is 0 Å². The Morgan fingerprint density at radius 1 is 1.05 bits per heavy atom. The lowest BCUT2D eigenvalue weighted by atomic mass is 9.81. The zero-order valence-electron chi connectivity index (χ0n) is 24.2. The smallest absolute Gasteiger partial charge is 0.308 e. The summed E-state index contributed by atoms with van der Waals surface area (Å²) in [7, 11) is 4.14. The van der Waals surface area contributed by atoms with Gasteiger partial charge in [-0.05, 0) is 69.9 Å². The van der Waals surface area contributed by atoms with Crippen molar-refractivity contribution in [1.82, 2.24) is 14.7 Å². The summed E-state index contributed by atoms with van der Waals surface area (Å²) in [6.45, 7) is 10.0. The Morgan fingerprint density at radius 2 is 1.76 bits per heavy atom. The molecule has 8 heteroatoms. The summed E-state index contributed by atoms with van der Waals surface area (Å²) < 4.78 is 11.1. The van der Waals surface area contributed by atoms with Gasteiger partial charge in [0.1, 0.15) is 0 Å². The highest BCUT2D eigenvalue weighted by molar-refractivity contribution is 5.79. The van der Waals surface area contributed by atoms with E-state index in [1.54, 1.807) is 0 Å². The zero-order chi connectivity index (χ0) is 27.7. The minimum atomic E-state index is -0.789. The molecule has 8 nitrogen and oxygen atoms in total. The molecule has 0 saturated carbocycles. The molecular weight excluding hydrogens is 482 g/mol. The molecule has 1 saturated heterocycles. The first-order valence-corrected chi connectivity index (χ1v) is 14.5. The third-order valence-corrected chi connectivity index (χ3v) is 8.04. The third kappa shape index (κ3) is 8.09. The molecule has 3 rings (SSSR count). The Labute approximate surface area is 229 Å². The average molecular weight is 532 g/mol. The lowest BCUT2D eigenvalue weighted by Gasteiger charge is -2.31. The predicted molar refractivity (Wildman–Crippen MR) is 150 cm³/mol. The number of benzene rings is 1. The van der Waals surface area contributed by atoms with Gasteiger partial charge < -0.3 is 24.4 Å². The van der Waals surface area contributed by atoms with E-state index in [1.807, 2.05) is 23.1 Å². The molecule has 1 aromatic carbocycles. The van der Waals surface area contributed by atoms with Crippen molar-refractivity contribution in [1.29, 1.82) is 0 Å². The fraction of sp³-hybridized carbons (Fsp3) is 0.733. The summed E-state index contributed by atoms with van der Waals surface area (Å²) in [5.74, 6) is 0.293.